The van der Waals surface area contributed by atoms with Gasteiger partial charge in [0.2, 0.25) is 5.91 Å². The summed E-state index contributed by atoms with van der Waals surface area (Å²) >= 11 is 0. The summed E-state index contributed by atoms with van der Waals surface area (Å²) in [5.74, 6) is -0.537. The number of carboxylic acid groups (broad SMARTS) is 1. The van der Waals surface area contributed by atoms with E-state index < -0.39 is 18.2 Å². The van der Waals surface area contributed by atoms with E-state index in [9.17, 15) is 14.7 Å². The number of nitriles is 1. The molecule has 1 rings (SSSR count). The Bertz CT molecular complexity index is 352. The molecule has 17 heavy (non-hydrogen) atoms. The molecule has 0 aromatic rings. The minimum Gasteiger partial charge on any atom is -0.465 e. The normalized spacial score (nSPS) is 26.8. The average Bonchev–Trinajstić information content (AvgIpc) is 2.54. The maximum atomic E-state index is 11.5. The van der Waals surface area contributed by atoms with Crippen molar-refractivity contribution in [2.75, 3.05) is 0 Å². The highest BCUT2D eigenvalue weighted by atomic mass is 16.4. The minimum absolute atomic E-state index is 0.0391. The summed E-state index contributed by atoms with van der Waals surface area (Å²) in [6.07, 6.45) is -2.07. The fraction of sp³-hybridized carbons (Fsp3) is 0.700. The van der Waals surface area contributed by atoms with E-state index in [1.165, 1.54) is 0 Å². The van der Waals surface area contributed by atoms with E-state index in [-0.39, 0.29) is 24.3 Å². The van der Waals surface area contributed by atoms with Crippen LogP contribution in [0.1, 0.15) is 19.8 Å². The second-order valence-corrected chi connectivity index (χ2v) is 4.21. The number of hydrogen-bond acceptors (Lipinski definition) is 4. The second-order valence-electron chi connectivity index (χ2n) is 4.21. The summed E-state index contributed by atoms with van der Waals surface area (Å²) in [6.45, 7) is 1.85. The molecular formula is C10H15N3O4. The lowest BCUT2D eigenvalue weighted by molar-refractivity contribution is -0.123. The topological polar surface area (TPSA) is 122 Å². The molecule has 0 aliphatic carbocycles. The summed E-state index contributed by atoms with van der Waals surface area (Å²) in [5, 5.41) is 31.3. The molecule has 2 amide bonds. The summed E-state index contributed by atoms with van der Waals surface area (Å²) < 4.78 is 0. The SMILES string of the molecule is C[C@@H]1C[C@@H](C[C@H](NC(=O)O)C(O)C#N)C(=O)N1. The monoisotopic (exact) mass is 241 g/mol. The Hall–Kier alpha value is -1.81. The van der Waals surface area contributed by atoms with Crippen molar-refractivity contribution in [1.82, 2.24) is 10.6 Å². The lowest BCUT2D eigenvalue weighted by Crippen LogP contribution is -2.44. The van der Waals surface area contributed by atoms with Crippen LogP contribution in [-0.4, -0.2) is 40.4 Å². The molecule has 0 aromatic carbocycles. The molecule has 0 spiro atoms. The van der Waals surface area contributed by atoms with Crippen LogP contribution in [0.25, 0.3) is 0 Å². The lowest BCUT2D eigenvalue weighted by atomic mass is 9.94. The van der Waals surface area contributed by atoms with Crippen molar-refractivity contribution in [2.45, 2.75) is 38.0 Å². The predicted octanol–water partition coefficient (Wildman–Crippen LogP) is -0.578. The van der Waals surface area contributed by atoms with E-state index in [1.54, 1.807) is 6.07 Å². The third kappa shape index (κ3) is 3.60. The van der Waals surface area contributed by atoms with E-state index >= 15 is 0 Å². The Kier molecular flexibility index (Phi) is 4.29. The maximum absolute atomic E-state index is 11.5. The van der Waals surface area contributed by atoms with E-state index in [1.807, 2.05) is 6.92 Å². The average molecular weight is 241 g/mol. The minimum atomic E-state index is -1.45. The molecule has 0 radical (unpaired) electrons. The number of carbonyl (C=O) groups excluding carboxylic acids is 1. The zero-order chi connectivity index (χ0) is 13.0. The van der Waals surface area contributed by atoms with Gasteiger partial charge in [-0.3, -0.25) is 4.79 Å². The van der Waals surface area contributed by atoms with Gasteiger partial charge in [-0.05, 0) is 19.8 Å². The van der Waals surface area contributed by atoms with Gasteiger partial charge in [0.25, 0.3) is 0 Å². The molecule has 1 heterocycles. The van der Waals surface area contributed by atoms with Gasteiger partial charge < -0.3 is 20.8 Å². The number of amides is 2. The zero-order valence-corrected chi connectivity index (χ0v) is 9.38. The van der Waals surface area contributed by atoms with Crippen LogP contribution >= 0.6 is 0 Å². The van der Waals surface area contributed by atoms with Gasteiger partial charge in [0.15, 0.2) is 6.10 Å². The maximum Gasteiger partial charge on any atom is 0.405 e. The van der Waals surface area contributed by atoms with Crippen LogP contribution in [0.5, 0.6) is 0 Å². The van der Waals surface area contributed by atoms with Gasteiger partial charge in [-0.25, -0.2) is 4.79 Å². The fourth-order valence-corrected chi connectivity index (χ4v) is 1.98. The van der Waals surface area contributed by atoms with Gasteiger partial charge in [0.05, 0.1) is 12.1 Å². The first-order chi connectivity index (χ1) is 7.93. The quantitative estimate of drug-likeness (QED) is 0.490. The van der Waals surface area contributed by atoms with Crippen molar-refractivity contribution in [1.29, 1.82) is 5.26 Å². The molecule has 1 saturated heterocycles. The smallest absolute Gasteiger partial charge is 0.405 e. The number of rotatable bonds is 4. The summed E-state index contributed by atoms with van der Waals surface area (Å²) in [5.41, 5.74) is 0. The van der Waals surface area contributed by atoms with Gasteiger partial charge in [0.1, 0.15) is 0 Å². The second kappa shape index (κ2) is 5.50. The highest BCUT2D eigenvalue weighted by Gasteiger charge is 2.34. The molecule has 0 aromatic heterocycles. The molecule has 4 N–H and O–H groups in total. The predicted molar refractivity (Wildman–Crippen MR) is 56.9 cm³/mol. The Morgan fingerprint density at radius 1 is 1.76 bits per heavy atom. The third-order valence-electron chi connectivity index (χ3n) is 2.76. The highest BCUT2D eigenvalue weighted by molar-refractivity contribution is 5.81. The molecule has 1 aliphatic heterocycles. The Morgan fingerprint density at radius 2 is 2.41 bits per heavy atom. The van der Waals surface area contributed by atoms with Crippen LogP contribution in [-0.2, 0) is 4.79 Å². The van der Waals surface area contributed by atoms with E-state index in [0.29, 0.717) is 6.42 Å². The highest BCUT2D eigenvalue weighted by Crippen LogP contribution is 2.21. The fourth-order valence-electron chi connectivity index (χ4n) is 1.98. The van der Waals surface area contributed by atoms with Crippen molar-refractivity contribution in [3.05, 3.63) is 0 Å². The number of hydrogen-bond donors (Lipinski definition) is 4. The van der Waals surface area contributed by atoms with Crippen LogP contribution in [0.2, 0.25) is 0 Å². The molecule has 0 bridgehead atoms. The molecule has 7 heteroatoms. The summed E-state index contributed by atoms with van der Waals surface area (Å²) in [7, 11) is 0. The van der Waals surface area contributed by atoms with Crippen molar-refractivity contribution < 1.29 is 19.8 Å². The number of aliphatic hydroxyl groups is 1. The van der Waals surface area contributed by atoms with Gasteiger partial charge >= 0.3 is 6.09 Å². The number of nitrogens with one attached hydrogen (secondary N) is 2. The van der Waals surface area contributed by atoms with E-state index in [4.69, 9.17) is 10.4 Å². The van der Waals surface area contributed by atoms with E-state index in [0.717, 1.165) is 0 Å². The third-order valence-corrected chi connectivity index (χ3v) is 2.76. The first kappa shape index (κ1) is 13.3. The summed E-state index contributed by atoms with van der Waals surface area (Å²) in [4.78, 5) is 22.0. The van der Waals surface area contributed by atoms with Gasteiger partial charge in [-0.2, -0.15) is 5.26 Å². The lowest BCUT2D eigenvalue weighted by Gasteiger charge is -2.20. The van der Waals surface area contributed by atoms with Crippen LogP contribution in [0, 0.1) is 17.2 Å². The van der Waals surface area contributed by atoms with Crippen molar-refractivity contribution in [3.63, 3.8) is 0 Å². The molecule has 1 aliphatic rings. The number of nitrogens with zero attached hydrogens (tertiary/aromatic N) is 1. The van der Waals surface area contributed by atoms with Crippen molar-refractivity contribution in [2.24, 2.45) is 5.92 Å². The molecule has 4 atom stereocenters. The first-order valence-electron chi connectivity index (χ1n) is 5.31. The molecule has 94 valence electrons. The standard InChI is InChI=1S/C10H15N3O4/c1-5-2-6(9(15)12-5)3-7(8(14)4-11)13-10(16)17/h5-8,13-14H,2-3H2,1H3,(H,12,15)(H,16,17)/t5-,6+,7+,8?/m1/s1. The summed E-state index contributed by atoms with van der Waals surface area (Å²) in [6, 6.07) is 0.662. The zero-order valence-electron chi connectivity index (χ0n) is 9.38. The van der Waals surface area contributed by atoms with Gasteiger partial charge in [-0.1, -0.05) is 0 Å². The Labute approximate surface area is 98.4 Å². The van der Waals surface area contributed by atoms with Gasteiger partial charge in [0, 0.05) is 12.0 Å². The van der Waals surface area contributed by atoms with E-state index in [2.05, 4.69) is 10.6 Å². The van der Waals surface area contributed by atoms with Crippen LogP contribution in [0.15, 0.2) is 0 Å². The first-order valence-corrected chi connectivity index (χ1v) is 5.31. The molecule has 1 fully saturated rings. The Balaban J connectivity index is 2.63. The number of carbonyl (C=O) groups is 2. The Morgan fingerprint density at radius 3 is 2.82 bits per heavy atom. The van der Waals surface area contributed by atoms with Crippen molar-refractivity contribution in [3.8, 4) is 6.07 Å². The van der Waals surface area contributed by atoms with Crippen LogP contribution < -0.4 is 10.6 Å². The van der Waals surface area contributed by atoms with Crippen LogP contribution in [0.4, 0.5) is 4.79 Å². The molecular weight excluding hydrogens is 226 g/mol. The molecule has 7 nitrogen and oxygen atoms in total. The largest absolute Gasteiger partial charge is 0.465 e. The van der Waals surface area contributed by atoms with Crippen molar-refractivity contribution >= 4 is 12.0 Å². The molecule has 1 unspecified atom stereocenters. The van der Waals surface area contributed by atoms with Gasteiger partial charge in [-0.15, -0.1) is 0 Å². The molecule has 0 saturated carbocycles. The number of aliphatic hydroxyl groups excluding tert-OH is 1. The van der Waals surface area contributed by atoms with Crippen LogP contribution in [0.3, 0.4) is 0 Å².